The summed E-state index contributed by atoms with van der Waals surface area (Å²) in [6, 6.07) is 5.70. The van der Waals surface area contributed by atoms with Crippen molar-refractivity contribution in [1.82, 2.24) is 5.32 Å². The first kappa shape index (κ1) is 13.6. The maximum absolute atomic E-state index is 13.9. The van der Waals surface area contributed by atoms with E-state index in [0.29, 0.717) is 17.6 Å². The highest BCUT2D eigenvalue weighted by Crippen LogP contribution is 2.29. The Kier molecular flexibility index (Phi) is 4.46. The van der Waals surface area contributed by atoms with Crippen molar-refractivity contribution in [3.8, 4) is 0 Å². The number of hydrogen-bond donors (Lipinski definition) is 1. The SMILES string of the molecule is CC(C)NCC1CCN(c2cccc(Cl)c2F)C1. The zero-order valence-corrected chi connectivity index (χ0v) is 11.7. The van der Waals surface area contributed by atoms with Gasteiger partial charge in [-0.15, -0.1) is 0 Å². The molecule has 0 spiro atoms. The lowest BCUT2D eigenvalue weighted by Gasteiger charge is -2.20. The van der Waals surface area contributed by atoms with Gasteiger partial charge in [0.15, 0.2) is 5.82 Å². The number of rotatable bonds is 4. The van der Waals surface area contributed by atoms with E-state index in [1.54, 1.807) is 18.2 Å². The van der Waals surface area contributed by atoms with Gasteiger partial charge in [-0.2, -0.15) is 0 Å². The Hall–Kier alpha value is -0.800. The molecule has 4 heteroatoms. The van der Waals surface area contributed by atoms with Crippen LogP contribution in [0.3, 0.4) is 0 Å². The van der Waals surface area contributed by atoms with Crippen molar-refractivity contribution >= 4 is 17.3 Å². The Labute approximate surface area is 113 Å². The number of hydrogen-bond acceptors (Lipinski definition) is 2. The molecule has 1 aromatic carbocycles. The first-order valence-corrected chi connectivity index (χ1v) is 6.88. The van der Waals surface area contributed by atoms with Crippen molar-refractivity contribution in [2.75, 3.05) is 24.5 Å². The smallest absolute Gasteiger partial charge is 0.165 e. The van der Waals surface area contributed by atoms with Gasteiger partial charge in [0.25, 0.3) is 0 Å². The lowest BCUT2D eigenvalue weighted by Crippen LogP contribution is -2.30. The molecule has 2 rings (SSSR count). The van der Waals surface area contributed by atoms with Gasteiger partial charge in [0.1, 0.15) is 0 Å². The molecular formula is C14H20ClFN2. The average Bonchev–Trinajstić information content (AvgIpc) is 2.78. The number of benzene rings is 1. The van der Waals surface area contributed by atoms with Crippen molar-refractivity contribution in [3.63, 3.8) is 0 Å². The number of nitrogens with zero attached hydrogens (tertiary/aromatic N) is 1. The second-order valence-electron chi connectivity index (χ2n) is 5.24. The molecule has 2 nitrogen and oxygen atoms in total. The van der Waals surface area contributed by atoms with Crippen LogP contribution >= 0.6 is 11.6 Å². The average molecular weight is 271 g/mol. The van der Waals surface area contributed by atoms with Gasteiger partial charge in [-0.1, -0.05) is 31.5 Å². The van der Waals surface area contributed by atoms with Gasteiger partial charge in [0.2, 0.25) is 0 Å². The van der Waals surface area contributed by atoms with Gasteiger partial charge < -0.3 is 10.2 Å². The van der Waals surface area contributed by atoms with Crippen LogP contribution in [0.25, 0.3) is 0 Å². The molecule has 100 valence electrons. The second-order valence-corrected chi connectivity index (χ2v) is 5.64. The number of halogens is 2. The Morgan fingerprint density at radius 2 is 2.28 bits per heavy atom. The molecule has 1 heterocycles. The van der Waals surface area contributed by atoms with Crippen LogP contribution in [0.15, 0.2) is 18.2 Å². The van der Waals surface area contributed by atoms with Crippen LogP contribution in [0.2, 0.25) is 5.02 Å². The second kappa shape index (κ2) is 5.89. The molecule has 1 N–H and O–H groups in total. The zero-order chi connectivity index (χ0) is 13.1. The quantitative estimate of drug-likeness (QED) is 0.903. The minimum Gasteiger partial charge on any atom is -0.369 e. The standard InChI is InChI=1S/C14H20ClFN2/c1-10(2)17-8-11-6-7-18(9-11)13-5-3-4-12(15)14(13)16/h3-5,10-11,17H,6-9H2,1-2H3. The molecule has 0 bridgehead atoms. The van der Waals surface area contributed by atoms with Gasteiger partial charge in [0, 0.05) is 19.1 Å². The van der Waals surface area contributed by atoms with Crippen LogP contribution in [0.1, 0.15) is 20.3 Å². The molecule has 1 atom stereocenters. The maximum atomic E-state index is 13.9. The molecule has 1 fully saturated rings. The van der Waals surface area contributed by atoms with Gasteiger partial charge in [0.05, 0.1) is 10.7 Å². The van der Waals surface area contributed by atoms with Crippen molar-refractivity contribution in [2.45, 2.75) is 26.3 Å². The Balaban J connectivity index is 1.98. The Morgan fingerprint density at radius 1 is 1.50 bits per heavy atom. The van der Waals surface area contributed by atoms with E-state index >= 15 is 0 Å². The fourth-order valence-electron chi connectivity index (χ4n) is 2.36. The van der Waals surface area contributed by atoms with Crippen LogP contribution < -0.4 is 10.2 Å². The molecule has 1 unspecified atom stereocenters. The Bertz CT molecular complexity index is 409. The normalized spacial score (nSPS) is 19.8. The molecule has 1 aromatic rings. The van der Waals surface area contributed by atoms with Crippen LogP contribution in [0.4, 0.5) is 10.1 Å². The molecule has 0 aliphatic carbocycles. The molecule has 1 saturated heterocycles. The summed E-state index contributed by atoms with van der Waals surface area (Å²) >= 11 is 5.82. The lowest BCUT2D eigenvalue weighted by atomic mass is 10.1. The highest BCUT2D eigenvalue weighted by Gasteiger charge is 2.24. The minimum atomic E-state index is -0.295. The first-order chi connectivity index (χ1) is 8.58. The molecule has 0 radical (unpaired) electrons. The van der Waals surface area contributed by atoms with E-state index in [-0.39, 0.29) is 10.8 Å². The number of anilines is 1. The molecule has 0 amide bonds. The van der Waals surface area contributed by atoms with Crippen molar-refractivity contribution < 1.29 is 4.39 Å². The van der Waals surface area contributed by atoms with Crippen molar-refractivity contribution in [2.24, 2.45) is 5.92 Å². The predicted molar refractivity (Wildman–Crippen MR) is 74.9 cm³/mol. The molecule has 1 aliphatic rings. The van der Waals surface area contributed by atoms with E-state index in [9.17, 15) is 4.39 Å². The number of nitrogens with one attached hydrogen (secondary N) is 1. The summed E-state index contributed by atoms with van der Waals surface area (Å²) in [5.41, 5.74) is 0.634. The van der Waals surface area contributed by atoms with E-state index in [0.717, 1.165) is 26.1 Å². The first-order valence-electron chi connectivity index (χ1n) is 6.50. The highest BCUT2D eigenvalue weighted by molar-refractivity contribution is 6.31. The monoisotopic (exact) mass is 270 g/mol. The fourth-order valence-corrected chi connectivity index (χ4v) is 2.53. The molecule has 0 aromatic heterocycles. The van der Waals surface area contributed by atoms with Crippen LogP contribution in [-0.2, 0) is 0 Å². The maximum Gasteiger partial charge on any atom is 0.165 e. The topological polar surface area (TPSA) is 15.3 Å². The van der Waals surface area contributed by atoms with Crippen molar-refractivity contribution in [3.05, 3.63) is 29.0 Å². The summed E-state index contributed by atoms with van der Waals surface area (Å²) in [5.74, 6) is 0.294. The van der Waals surface area contributed by atoms with Gasteiger partial charge in [-0.3, -0.25) is 0 Å². The van der Waals surface area contributed by atoms with E-state index in [1.807, 2.05) is 0 Å². The molecule has 18 heavy (non-hydrogen) atoms. The third kappa shape index (κ3) is 3.15. The van der Waals surface area contributed by atoms with Gasteiger partial charge >= 0.3 is 0 Å². The summed E-state index contributed by atoms with van der Waals surface area (Å²) in [4.78, 5) is 2.09. The molecular weight excluding hydrogens is 251 g/mol. The van der Waals surface area contributed by atoms with E-state index in [4.69, 9.17) is 11.6 Å². The Morgan fingerprint density at radius 3 is 3.00 bits per heavy atom. The van der Waals surface area contributed by atoms with Crippen molar-refractivity contribution in [1.29, 1.82) is 0 Å². The summed E-state index contributed by atoms with van der Waals surface area (Å²) < 4.78 is 13.9. The van der Waals surface area contributed by atoms with Crippen LogP contribution in [0, 0.1) is 11.7 Å². The fraction of sp³-hybridized carbons (Fsp3) is 0.571. The van der Waals surface area contributed by atoms with Crippen LogP contribution in [-0.4, -0.2) is 25.7 Å². The van der Waals surface area contributed by atoms with Gasteiger partial charge in [-0.05, 0) is 31.0 Å². The summed E-state index contributed by atoms with van der Waals surface area (Å²) in [5, 5.41) is 3.64. The van der Waals surface area contributed by atoms with E-state index < -0.39 is 0 Å². The summed E-state index contributed by atoms with van der Waals surface area (Å²) in [7, 11) is 0. The highest BCUT2D eigenvalue weighted by atomic mass is 35.5. The third-order valence-corrected chi connectivity index (χ3v) is 3.66. The van der Waals surface area contributed by atoms with Gasteiger partial charge in [-0.25, -0.2) is 4.39 Å². The largest absolute Gasteiger partial charge is 0.369 e. The molecule has 1 aliphatic heterocycles. The van der Waals surface area contributed by atoms with E-state index in [2.05, 4.69) is 24.1 Å². The zero-order valence-electron chi connectivity index (χ0n) is 10.9. The minimum absolute atomic E-state index is 0.205. The third-order valence-electron chi connectivity index (χ3n) is 3.37. The molecule has 0 saturated carbocycles. The summed E-state index contributed by atoms with van der Waals surface area (Å²) in [6.07, 6.45) is 1.10. The lowest BCUT2D eigenvalue weighted by molar-refractivity contribution is 0.480. The summed E-state index contributed by atoms with van der Waals surface area (Å²) in [6.45, 7) is 7.09. The predicted octanol–water partition coefficient (Wildman–Crippen LogP) is 3.30. The van der Waals surface area contributed by atoms with E-state index in [1.165, 1.54) is 0 Å². The van der Waals surface area contributed by atoms with Crippen LogP contribution in [0.5, 0.6) is 0 Å².